The Labute approximate surface area is 169 Å². The molecule has 0 saturated heterocycles. The molecule has 3 aromatic rings. The van der Waals surface area contributed by atoms with Crippen molar-refractivity contribution in [2.24, 2.45) is 5.73 Å². The highest BCUT2D eigenvalue weighted by Crippen LogP contribution is 2.33. The highest BCUT2D eigenvalue weighted by atomic mass is 35.5. The molecule has 5 nitrogen and oxygen atoms in total. The summed E-state index contributed by atoms with van der Waals surface area (Å²) in [5, 5.41) is 5.61. The van der Waals surface area contributed by atoms with Crippen LogP contribution < -0.4 is 5.73 Å². The molecule has 2 aromatic heterocycles. The van der Waals surface area contributed by atoms with Crippen molar-refractivity contribution in [2.45, 2.75) is 33.4 Å². The third-order valence-electron chi connectivity index (χ3n) is 3.97. The summed E-state index contributed by atoms with van der Waals surface area (Å²) in [5.74, 6) is 0.820. The monoisotopic (exact) mass is 411 g/mol. The second-order valence-corrected chi connectivity index (χ2v) is 6.63. The summed E-state index contributed by atoms with van der Waals surface area (Å²) < 4.78 is 1.82. The van der Waals surface area contributed by atoms with Crippen molar-refractivity contribution >= 4 is 35.6 Å². The third kappa shape index (κ3) is 4.35. The predicted molar refractivity (Wildman–Crippen MR) is 108 cm³/mol. The highest BCUT2D eigenvalue weighted by Gasteiger charge is 2.15. The maximum Gasteiger partial charge on any atom is 0.150 e. The average molecular weight is 413 g/mol. The van der Waals surface area contributed by atoms with Gasteiger partial charge in [-0.2, -0.15) is 5.10 Å². The lowest BCUT2D eigenvalue weighted by atomic mass is 9.99. The van der Waals surface area contributed by atoms with E-state index >= 15 is 0 Å². The van der Waals surface area contributed by atoms with Crippen molar-refractivity contribution in [1.29, 1.82) is 0 Å². The number of aromatic nitrogens is 4. The van der Waals surface area contributed by atoms with Crippen LogP contribution in [-0.4, -0.2) is 19.7 Å². The lowest BCUT2D eigenvalue weighted by molar-refractivity contribution is 0.667. The van der Waals surface area contributed by atoms with Gasteiger partial charge in [-0.1, -0.05) is 30.1 Å². The van der Waals surface area contributed by atoms with E-state index in [0.29, 0.717) is 23.1 Å². The van der Waals surface area contributed by atoms with Crippen LogP contribution in [0.3, 0.4) is 0 Å². The van der Waals surface area contributed by atoms with E-state index in [9.17, 15) is 0 Å². The van der Waals surface area contributed by atoms with Crippen molar-refractivity contribution in [3.05, 3.63) is 63.3 Å². The fourth-order valence-electron chi connectivity index (χ4n) is 2.79. The fourth-order valence-corrected chi connectivity index (χ4v) is 3.28. The number of hydrogen-bond donors (Lipinski definition) is 1. The third-order valence-corrected chi connectivity index (χ3v) is 4.52. The maximum atomic E-state index is 6.39. The summed E-state index contributed by atoms with van der Waals surface area (Å²) in [6, 6.07) is 7.42. The van der Waals surface area contributed by atoms with Gasteiger partial charge in [-0.25, -0.2) is 9.67 Å². The van der Waals surface area contributed by atoms with Gasteiger partial charge in [-0.05, 0) is 42.3 Å². The van der Waals surface area contributed by atoms with Crippen molar-refractivity contribution in [2.75, 3.05) is 0 Å². The van der Waals surface area contributed by atoms with E-state index in [4.69, 9.17) is 28.9 Å². The zero-order valence-electron chi connectivity index (χ0n) is 14.5. The van der Waals surface area contributed by atoms with E-state index < -0.39 is 0 Å². The second kappa shape index (κ2) is 8.82. The normalized spacial score (nSPS) is 10.7. The number of nitrogens with two attached hydrogens (primary N) is 1. The Morgan fingerprint density at radius 3 is 2.58 bits per heavy atom. The largest absolute Gasteiger partial charge is 0.326 e. The van der Waals surface area contributed by atoms with Crippen molar-refractivity contribution in [3.63, 3.8) is 0 Å². The molecule has 0 radical (unpaired) electrons. The minimum absolute atomic E-state index is 0. The number of hydrogen-bond acceptors (Lipinski definition) is 4. The number of halogens is 3. The van der Waals surface area contributed by atoms with E-state index in [-0.39, 0.29) is 12.4 Å². The molecule has 3 rings (SSSR count). The van der Waals surface area contributed by atoms with Gasteiger partial charge >= 0.3 is 0 Å². The first kappa shape index (κ1) is 20.6. The molecule has 8 heteroatoms. The van der Waals surface area contributed by atoms with Gasteiger partial charge in [-0.15, -0.1) is 12.4 Å². The van der Waals surface area contributed by atoms with Gasteiger partial charge in [0.2, 0.25) is 0 Å². The number of benzene rings is 1. The molecule has 0 bridgehead atoms. The van der Waals surface area contributed by atoms with Crippen LogP contribution in [0.25, 0.3) is 11.3 Å². The zero-order valence-corrected chi connectivity index (χ0v) is 16.9. The van der Waals surface area contributed by atoms with Crippen LogP contribution in [0.15, 0.2) is 30.6 Å². The number of pyridine rings is 1. The molecule has 2 heterocycles. The average Bonchev–Trinajstić information content (AvgIpc) is 3.02. The molecule has 0 aliphatic heterocycles. The summed E-state index contributed by atoms with van der Waals surface area (Å²) in [5.41, 5.74) is 10.6. The Hall–Kier alpha value is -1.66. The van der Waals surface area contributed by atoms with Crippen molar-refractivity contribution in [1.82, 2.24) is 19.7 Å². The van der Waals surface area contributed by atoms with E-state index in [1.165, 1.54) is 0 Å². The van der Waals surface area contributed by atoms with E-state index in [2.05, 4.69) is 15.1 Å². The van der Waals surface area contributed by atoms with Crippen LogP contribution in [0, 0.1) is 6.92 Å². The van der Waals surface area contributed by atoms with Gasteiger partial charge in [0.25, 0.3) is 0 Å². The van der Waals surface area contributed by atoms with E-state index in [1.807, 2.05) is 30.7 Å². The zero-order chi connectivity index (χ0) is 18.0. The molecule has 0 aliphatic carbocycles. The smallest absolute Gasteiger partial charge is 0.150 e. The van der Waals surface area contributed by atoms with Crippen LogP contribution in [0.4, 0.5) is 0 Å². The molecule has 1 aromatic carbocycles. The molecule has 0 saturated carbocycles. The van der Waals surface area contributed by atoms with E-state index in [0.717, 1.165) is 40.3 Å². The van der Waals surface area contributed by atoms with Gasteiger partial charge in [-0.3, -0.25) is 4.98 Å². The highest BCUT2D eigenvalue weighted by molar-refractivity contribution is 6.36. The van der Waals surface area contributed by atoms with Crippen LogP contribution in [0.2, 0.25) is 10.0 Å². The summed E-state index contributed by atoms with van der Waals surface area (Å²) in [6.45, 7) is 4.92. The fraction of sp³-hybridized carbons (Fsp3) is 0.278. The lowest BCUT2D eigenvalue weighted by Gasteiger charge is -2.15. The summed E-state index contributed by atoms with van der Waals surface area (Å²) in [4.78, 5) is 8.96. The van der Waals surface area contributed by atoms with Gasteiger partial charge < -0.3 is 5.73 Å². The second-order valence-electron chi connectivity index (χ2n) is 5.79. The minimum atomic E-state index is 0. The summed E-state index contributed by atoms with van der Waals surface area (Å²) in [7, 11) is 0. The number of aryl methyl sites for hydroxylation is 2. The Balaban J connectivity index is 0.00000243. The van der Waals surface area contributed by atoms with Gasteiger partial charge in [0.05, 0.1) is 17.3 Å². The first-order chi connectivity index (χ1) is 12.0. The molecule has 0 aliphatic rings. The molecular weight excluding hydrogens is 393 g/mol. The van der Waals surface area contributed by atoms with Crippen LogP contribution in [-0.2, 0) is 19.5 Å². The maximum absolute atomic E-state index is 6.39. The molecule has 0 atom stereocenters. The predicted octanol–water partition coefficient (Wildman–Crippen LogP) is 4.45. The number of nitrogens with zero attached hydrogens (tertiary/aromatic N) is 4. The Kier molecular flexibility index (Phi) is 7.01. The first-order valence-electron chi connectivity index (χ1n) is 8.05. The van der Waals surface area contributed by atoms with Crippen LogP contribution in [0.1, 0.15) is 29.6 Å². The van der Waals surface area contributed by atoms with Gasteiger partial charge in [0, 0.05) is 29.2 Å². The topological polar surface area (TPSA) is 69.6 Å². The molecule has 0 fully saturated rings. The van der Waals surface area contributed by atoms with Crippen molar-refractivity contribution < 1.29 is 0 Å². The lowest BCUT2D eigenvalue weighted by Crippen LogP contribution is -2.11. The molecule has 2 N–H and O–H groups in total. The van der Waals surface area contributed by atoms with Crippen molar-refractivity contribution in [3.8, 4) is 11.3 Å². The molecular formula is C18H20Cl3N5. The molecule has 0 unspecified atom stereocenters. The summed E-state index contributed by atoms with van der Waals surface area (Å²) >= 11 is 12.4. The summed E-state index contributed by atoms with van der Waals surface area (Å²) in [6.07, 6.45) is 2.54. The Morgan fingerprint density at radius 1 is 1.19 bits per heavy atom. The minimum Gasteiger partial charge on any atom is -0.326 e. The molecule has 0 spiro atoms. The van der Waals surface area contributed by atoms with Crippen LogP contribution >= 0.6 is 35.6 Å². The van der Waals surface area contributed by atoms with Crippen LogP contribution in [0.5, 0.6) is 0 Å². The standard InChI is InChI=1S/C18H19Cl2N5.ClH/c1-3-17-22-10-25(24-17)9-12-6-11(2)23-18(15(12)8-21)14-5-4-13(19)7-16(14)20;/h4-7,10H,3,8-9,21H2,1-2H3;1H. The molecule has 0 amide bonds. The quantitative estimate of drug-likeness (QED) is 0.672. The SMILES string of the molecule is CCc1ncn(Cc2cc(C)nc(-c3ccc(Cl)cc3Cl)c2CN)n1.Cl. The Bertz CT molecular complexity index is 908. The van der Waals surface area contributed by atoms with Gasteiger partial charge in [0.15, 0.2) is 0 Å². The number of rotatable bonds is 5. The first-order valence-corrected chi connectivity index (χ1v) is 8.80. The van der Waals surface area contributed by atoms with E-state index in [1.54, 1.807) is 18.5 Å². The van der Waals surface area contributed by atoms with Gasteiger partial charge in [0.1, 0.15) is 12.2 Å². The molecule has 26 heavy (non-hydrogen) atoms. The Morgan fingerprint density at radius 2 is 1.96 bits per heavy atom. The molecule has 138 valence electrons.